The molecule has 0 aliphatic heterocycles. The van der Waals surface area contributed by atoms with Crippen LogP contribution in [-0.2, 0) is 18.0 Å². The van der Waals surface area contributed by atoms with Crippen LogP contribution in [0.1, 0.15) is 23.3 Å². The molecule has 0 spiro atoms. The number of hydrogen-bond acceptors (Lipinski definition) is 6. The predicted molar refractivity (Wildman–Crippen MR) is 65.2 cm³/mol. The Morgan fingerprint density at radius 3 is 2.74 bits per heavy atom. The van der Waals surface area contributed by atoms with E-state index in [1.807, 2.05) is 24.3 Å². The van der Waals surface area contributed by atoms with E-state index in [4.69, 9.17) is 24.2 Å². The average Bonchev–Trinajstić information content (AvgIpc) is 2.88. The summed E-state index contributed by atoms with van der Waals surface area (Å²) in [6.07, 6.45) is -1.63. The highest BCUT2D eigenvalue weighted by molar-refractivity contribution is 5.32. The Labute approximate surface area is 110 Å². The first-order chi connectivity index (χ1) is 9.20. The molecule has 102 valence electrons. The zero-order valence-electron chi connectivity index (χ0n) is 10.4. The Bertz CT molecular complexity index is 523. The van der Waals surface area contributed by atoms with Crippen LogP contribution in [0.4, 0.5) is 0 Å². The van der Waals surface area contributed by atoms with E-state index in [9.17, 15) is 0 Å². The van der Waals surface area contributed by atoms with E-state index < -0.39 is 6.29 Å². The smallest absolute Gasteiger partial charge is 0.199 e. The van der Waals surface area contributed by atoms with Crippen molar-refractivity contribution in [2.75, 3.05) is 7.11 Å². The van der Waals surface area contributed by atoms with Gasteiger partial charge in [-0.1, -0.05) is 23.4 Å². The van der Waals surface area contributed by atoms with Crippen molar-refractivity contribution in [1.29, 1.82) is 0 Å². The van der Waals surface area contributed by atoms with E-state index in [1.54, 1.807) is 7.11 Å². The second kappa shape index (κ2) is 6.33. The third-order valence-corrected chi connectivity index (χ3v) is 2.54. The number of rotatable bonds is 6. The lowest BCUT2D eigenvalue weighted by atomic mass is 10.2. The molecule has 0 aliphatic rings. The summed E-state index contributed by atoms with van der Waals surface area (Å²) in [4.78, 5) is 0. The van der Waals surface area contributed by atoms with Crippen LogP contribution in [0.15, 0.2) is 34.9 Å². The maximum Gasteiger partial charge on any atom is 0.199 e. The normalized spacial score (nSPS) is 10.9. The molecular formula is C13H15NO5. The van der Waals surface area contributed by atoms with Gasteiger partial charge in [0.1, 0.15) is 18.1 Å². The molecule has 0 atom stereocenters. The average molecular weight is 265 g/mol. The van der Waals surface area contributed by atoms with E-state index in [0.29, 0.717) is 12.4 Å². The number of aliphatic hydroxyl groups is 2. The Kier molecular flexibility index (Phi) is 4.51. The second-order valence-corrected chi connectivity index (χ2v) is 3.90. The van der Waals surface area contributed by atoms with Gasteiger partial charge < -0.3 is 24.2 Å². The van der Waals surface area contributed by atoms with E-state index in [2.05, 4.69) is 5.16 Å². The lowest BCUT2D eigenvalue weighted by Gasteiger charge is -2.07. The van der Waals surface area contributed by atoms with Gasteiger partial charge in [-0.05, 0) is 6.07 Å². The maximum atomic E-state index is 8.88. The number of aromatic nitrogens is 1. The molecule has 0 bridgehead atoms. The first-order valence-electron chi connectivity index (χ1n) is 5.72. The zero-order valence-corrected chi connectivity index (χ0v) is 10.4. The molecule has 1 aromatic heterocycles. The van der Waals surface area contributed by atoms with Crippen molar-refractivity contribution in [1.82, 2.24) is 5.16 Å². The summed E-state index contributed by atoms with van der Waals surface area (Å²) in [5, 5.41) is 21.3. The molecular weight excluding hydrogens is 250 g/mol. The van der Waals surface area contributed by atoms with Crippen LogP contribution in [0.3, 0.4) is 0 Å². The fraction of sp³-hybridized carbons (Fsp3) is 0.308. The summed E-state index contributed by atoms with van der Waals surface area (Å²) in [5.74, 6) is 1.18. The van der Waals surface area contributed by atoms with Crippen LogP contribution in [-0.4, -0.2) is 22.5 Å². The highest BCUT2D eigenvalue weighted by Gasteiger charge is 2.10. The van der Waals surface area contributed by atoms with Gasteiger partial charge in [-0.2, -0.15) is 0 Å². The third kappa shape index (κ3) is 3.54. The number of para-hydroxylation sites is 1. The molecule has 0 amide bonds. The molecule has 6 heteroatoms. The highest BCUT2D eigenvalue weighted by atomic mass is 16.5. The number of aliphatic hydroxyl groups excluding tert-OH is 1. The van der Waals surface area contributed by atoms with E-state index >= 15 is 0 Å². The number of hydrogen-bond donors (Lipinski definition) is 2. The third-order valence-electron chi connectivity index (χ3n) is 2.54. The molecule has 2 N–H and O–H groups in total. The summed E-state index contributed by atoms with van der Waals surface area (Å²) >= 11 is 0. The van der Waals surface area contributed by atoms with Crippen molar-refractivity contribution >= 4 is 0 Å². The Balaban J connectivity index is 1.89. The second-order valence-electron chi connectivity index (χ2n) is 3.90. The Hall–Kier alpha value is -1.89. The van der Waals surface area contributed by atoms with Gasteiger partial charge in [0.2, 0.25) is 0 Å². The van der Waals surface area contributed by atoms with Crippen molar-refractivity contribution in [2.45, 2.75) is 19.5 Å². The molecule has 0 fully saturated rings. The first-order valence-corrected chi connectivity index (χ1v) is 5.72. The molecule has 1 heterocycles. The van der Waals surface area contributed by atoms with Crippen molar-refractivity contribution < 1.29 is 24.2 Å². The van der Waals surface area contributed by atoms with Gasteiger partial charge in [-0.3, -0.25) is 0 Å². The molecule has 6 nitrogen and oxygen atoms in total. The largest absolute Gasteiger partial charge is 0.496 e. The van der Waals surface area contributed by atoms with Gasteiger partial charge in [0.25, 0.3) is 0 Å². The quantitative estimate of drug-likeness (QED) is 0.768. The lowest BCUT2D eigenvalue weighted by molar-refractivity contribution is -0.0477. The van der Waals surface area contributed by atoms with Gasteiger partial charge >= 0.3 is 0 Å². The number of methoxy groups -OCH3 is 1. The van der Waals surface area contributed by atoms with Gasteiger partial charge in [0.15, 0.2) is 12.1 Å². The lowest BCUT2D eigenvalue weighted by Crippen LogP contribution is -1.96. The van der Waals surface area contributed by atoms with E-state index in [1.165, 1.54) is 6.07 Å². The summed E-state index contributed by atoms with van der Waals surface area (Å²) in [6, 6.07) is 8.98. The van der Waals surface area contributed by atoms with Crippen LogP contribution < -0.4 is 4.74 Å². The van der Waals surface area contributed by atoms with Crippen LogP contribution in [0, 0.1) is 0 Å². The van der Waals surface area contributed by atoms with E-state index in [0.717, 1.165) is 11.3 Å². The van der Waals surface area contributed by atoms with Crippen molar-refractivity contribution in [2.24, 2.45) is 0 Å². The van der Waals surface area contributed by atoms with Crippen LogP contribution in [0.5, 0.6) is 5.75 Å². The number of nitrogens with zero attached hydrogens (tertiary/aromatic N) is 1. The Morgan fingerprint density at radius 2 is 2.05 bits per heavy atom. The fourth-order valence-corrected chi connectivity index (χ4v) is 1.60. The molecule has 2 rings (SSSR count). The predicted octanol–water partition coefficient (Wildman–Crippen LogP) is 1.38. The minimum absolute atomic E-state index is 0.0656. The molecule has 0 unspecified atom stereocenters. The maximum absolute atomic E-state index is 8.88. The topological polar surface area (TPSA) is 85.0 Å². The van der Waals surface area contributed by atoms with Crippen LogP contribution in [0.2, 0.25) is 0 Å². The van der Waals surface area contributed by atoms with Crippen molar-refractivity contribution in [3.63, 3.8) is 0 Å². The SMILES string of the molecule is COc1ccccc1COCc1cc(C(O)O)no1. The minimum Gasteiger partial charge on any atom is -0.496 e. The molecule has 2 aromatic rings. The summed E-state index contributed by atoms with van der Waals surface area (Å²) in [7, 11) is 1.60. The fourth-order valence-electron chi connectivity index (χ4n) is 1.60. The highest BCUT2D eigenvalue weighted by Crippen LogP contribution is 2.19. The van der Waals surface area contributed by atoms with Gasteiger partial charge in [-0.25, -0.2) is 0 Å². The monoisotopic (exact) mass is 265 g/mol. The molecule has 1 aromatic carbocycles. The summed E-state index contributed by atoms with van der Waals surface area (Å²) < 4.78 is 15.6. The number of ether oxygens (including phenoxy) is 2. The molecule has 0 radical (unpaired) electrons. The van der Waals surface area contributed by atoms with Crippen LogP contribution in [0.25, 0.3) is 0 Å². The Morgan fingerprint density at radius 1 is 1.26 bits per heavy atom. The molecule has 0 aliphatic carbocycles. The molecule has 19 heavy (non-hydrogen) atoms. The van der Waals surface area contributed by atoms with Crippen molar-refractivity contribution in [3.05, 3.63) is 47.3 Å². The van der Waals surface area contributed by atoms with E-state index in [-0.39, 0.29) is 12.3 Å². The standard InChI is InChI=1S/C13H15NO5/c1-17-12-5-3-2-4-9(12)7-18-8-10-6-11(13(15)16)14-19-10/h2-6,13,15-16H,7-8H2,1H3. The first kappa shape index (κ1) is 13.5. The molecule has 0 saturated heterocycles. The summed E-state index contributed by atoms with van der Waals surface area (Å²) in [5.41, 5.74) is 0.989. The van der Waals surface area contributed by atoms with Crippen molar-refractivity contribution in [3.8, 4) is 5.75 Å². The minimum atomic E-state index is -1.63. The van der Waals surface area contributed by atoms with Gasteiger partial charge in [0.05, 0.1) is 13.7 Å². The summed E-state index contributed by atoms with van der Waals surface area (Å²) in [6.45, 7) is 0.555. The van der Waals surface area contributed by atoms with Crippen LogP contribution >= 0.6 is 0 Å². The number of benzene rings is 1. The molecule has 0 saturated carbocycles. The van der Waals surface area contributed by atoms with Gasteiger partial charge in [0, 0.05) is 11.6 Å². The zero-order chi connectivity index (χ0) is 13.7. The van der Waals surface area contributed by atoms with Gasteiger partial charge in [-0.15, -0.1) is 0 Å².